The highest BCUT2D eigenvalue weighted by Gasteiger charge is 2.37. The van der Waals surface area contributed by atoms with E-state index in [9.17, 15) is 5.11 Å². The van der Waals surface area contributed by atoms with Gasteiger partial charge >= 0.3 is 0 Å². The van der Waals surface area contributed by atoms with Gasteiger partial charge in [-0.2, -0.15) is 0 Å². The van der Waals surface area contributed by atoms with Gasteiger partial charge in [-0.15, -0.1) is 0 Å². The van der Waals surface area contributed by atoms with Gasteiger partial charge in [-0.25, -0.2) is 0 Å². The molecule has 0 saturated carbocycles. The number of benzene rings is 1. The Morgan fingerprint density at radius 3 is 3.16 bits per heavy atom. The molecule has 3 nitrogen and oxygen atoms in total. The molecule has 1 fully saturated rings. The number of H-pyrrole nitrogens is 1. The summed E-state index contributed by atoms with van der Waals surface area (Å²) in [5.41, 5.74) is 1.37. The Bertz CT molecular complexity index is 561. The van der Waals surface area contributed by atoms with Crippen molar-refractivity contribution in [1.82, 2.24) is 4.98 Å². The molecule has 1 aliphatic heterocycles. The summed E-state index contributed by atoms with van der Waals surface area (Å²) in [7, 11) is 0. The largest absolute Gasteiger partial charge is 0.385 e. The van der Waals surface area contributed by atoms with Crippen molar-refractivity contribution in [2.24, 2.45) is 0 Å². The first kappa shape index (κ1) is 12.7. The van der Waals surface area contributed by atoms with Gasteiger partial charge in [-0.1, -0.05) is 25.5 Å². The predicted octanol–water partition coefficient (Wildman–Crippen LogP) is 3.33. The molecule has 1 aliphatic rings. The average Bonchev–Trinajstić information content (AvgIpc) is 2.87. The van der Waals surface area contributed by atoms with Crippen molar-refractivity contribution in [2.45, 2.75) is 44.3 Å². The minimum Gasteiger partial charge on any atom is -0.385 e. The maximum Gasteiger partial charge on any atom is 0.0949 e. The fourth-order valence-electron chi connectivity index (χ4n) is 3.18. The van der Waals surface area contributed by atoms with Gasteiger partial charge in [0.05, 0.1) is 18.3 Å². The Kier molecular flexibility index (Phi) is 3.33. The maximum absolute atomic E-state index is 11.1. The van der Waals surface area contributed by atoms with E-state index in [0.29, 0.717) is 19.4 Å². The zero-order valence-electron chi connectivity index (χ0n) is 11.4. The van der Waals surface area contributed by atoms with Crippen LogP contribution in [0.4, 0.5) is 0 Å². The lowest BCUT2D eigenvalue weighted by Gasteiger charge is -2.37. The molecule has 1 aromatic heterocycles. The van der Waals surface area contributed by atoms with Gasteiger partial charge in [-0.3, -0.25) is 0 Å². The summed E-state index contributed by atoms with van der Waals surface area (Å²) in [4.78, 5) is 3.21. The summed E-state index contributed by atoms with van der Waals surface area (Å²) >= 11 is 0. The zero-order valence-corrected chi connectivity index (χ0v) is 11.4. The molecule has 3 heteroatoms. The molecule has 1 aromatic carbocycles. The monoisotopic (exact) mass is 259 g/mol. The highest BCUT2D eigenvalue weighted by atomic mass is 16.5. The molecule has 0 radical (unpaired) electrons. The van der Waals surface area contributed by atoms with Gasteiger partial charge in [0.15, 0.2) is 0 Å². The molecule has 2 heterocycles. The Morgan fingerprint density at radius 2 is 2.32 bits per heavy atom. The third kappa shape index (κ3) is 2.28. The zero-order chi connectivity index (χ0) is 13.3. The van der Waals surface area contributed by atoms with E-state index in [-0.39, 0.29) is 6.10 Å². The second kappa shape index (κ2) is 4.99. The average molecular weight is 259 g/mol. The Morgan fingerprint density at radius 1 is 1.42 bits per heavy atom. The molecule has 2 unspecified atom stereocenters. The lowest BCUT2D eigenvalue weighted by atomic mass is 9.81. The molecule has 2 aromatic rings. The summed E-state index contributed by atoms with van der Waals surface area (Å²) in [6.07, 6.45) is 5.60. The Hall–Kier alpha value is -1.32. The first-order valence-electron chi connectivity index (χ1n) is 7.13. The summed E-state index contributed by atoms with van der Waals surface area (Å²) in [5, 5.41) is 12.2. The van der Waals surface area contributed by atoms with Crippen molar-refractivity contribution in [1.29, 1.82) is 0 Å². The minimum absolute atomic E-state index is 0.179. The Balaban J connectivity index is 1.97. The first-order valence-corrected chi connectivity index (χ1v) is 7.13. The third-order valence-electron chi connectivity index (χ3n) is 4.14. The topological polar surface area (TPSA) is 45.2 Å². The lowest BCUT2D eigenvalue weighted by molar-refractivity contribution is -0.109. The molecule has 102 valence electrons. The number of hydrogen-bond acceptors (Lipinski definition) is 2. The van der Waals surface area contributed by atoms with E-state index in [4.69, 9.17) is 4.74 Å². The fraction of sp³-hybridized carbons (Fsp3) is 0.500. The molecular formula is C16H21NO2. The number of aliphatic hydroxyl groups is 1. The Labute approximate surface area is 113 Å². The second-order valence-electron chi connectivity index (χ2n) is 5.51. The minimum atomic E-state index is -0.750. The highest BCUT2D eigenvalue weighted by molar-refractivity contribution is 5.83. The number of ether oxygens (including phenoxy) is 1. The van der Waals surface area contributed by atoms with Crippen LogP contribution in [0.5, 0.6) is 0 Å². The van der Waals surface area contributed by atoms with Crippen molar-refractivity contribution in [2.75, 3.05) is 6.61 Å². The standard InChI is InChI=1S/C16H21NO2/c1-2-4-12-11-16(18,8-10-19-12)14-5-3-6-15-13(14)7-9-17-15/h3,5-7,9,12,17-18H,2,4,8,10-11H2,1H3. The fourth-order valence-corrected chi connectivity index (χ4v) is 3.18. The molecule has 0 spiro atoms. The second-order valence-corrected chi connectivity index (χ2v) is 5.51. The number of aromatic amines is 1. The number of rotatable bonds is 3. The summed E-state index contributed by atoms with van der Waals surface area (Å²) in [5.74, 6) is 0. The van der Waals surface area contributed by atoms with Gasteiger partial charge in [0.2, 0.25) is 0 Å². The van der Waals surface area contributed by atoms with Gasteiger partial charge in [0.1, 0.15) is 0 Å². The molecule has 19 heavy (non-hydrogen) atoms. The summed E-state index contributed by atoms with van der Waals surface area (Å²) < 4.78 is 5.76. The van der Waals surface area contributed by atoms with Crippen molar-refractivity contribution < 1.29 is 9.84 Å². The smallest absolute Gasteiger partial charge is 0.0949 e. The van der Waals surface area contributed by atoms with Crippen molar-refractivity contribution in [3.05, 3.63) is 36.0 Å². The molecule has 0 amide bonds. The molecule has 2 atom stereocenters. The van der Waals surface area contributed by atoms with Gasteiger partial charge in [-0.05, 0) is 24.1 Å². The van der Waals surface area contributed by atoms with Gasteiger partial charge in [0.25, 0.3) is 0 Å². The number of nitrogens with one attached hydrogen (secondary N) is 1. The van der Waals surface area contributed by atoms with E-state index in [1.54, 1.807) is 0 Å². The lowest BCUT2D eigenvalue weighted by Crippen LogP contribution is -2.38. The van der Waals surface area contributed by atoms with E-state index in [1.165, 1.54) is 0 Å². The van der Waals surface area contributed by atoms with Crippen LogP contribution in [0.1, 0.15) is 38.2 Å². The van der Waals surface area contributed by atoms with E-state index in [1.807, 2.05) is 30.5 Å². The van der Waals surface area contributed by atoms with Crippen LogP contribution in [0.15, 0.2) is 30.5 Å². The molecule has 0 aliphatic carbocycles. The third-order valence-corrected chi connectivity index (χ3v) is 4.14. The van der Waals surface area contributed by atoms with E-state index >= 15 is 0 Å². The van der Waals surface area contributed by atoms with Crippen molar-refractivity contribution in [3.63, 3.8) is 0 Å². The van der Waals surface area contributed by atoms with Gasteiger partial charge < -0.3 is 14.8 Å². The van der Waals surface area contributed by atoms with Crippen LogP contribution in [0.2, 0.25) is 0 Å². The van der Waals surface area contributed by atoms with Crippen LogP contribution in [0.3, 0.4) is 0 Å². The van der Waals surface area contributed by atoms with Crippen molar-refractivity contribution >= 4 is 10.9 Å². The molecule has 1 saturated heterocycles. The quantitative estimate of drug-likeness (QED) is 0.888. The number of hydrogen-bond donors (Lipinski definition) is 2. The van der Waals surface area contributed by atoms with Crippen molar-refractivity contribution in [3.8, 4) is 0 Å². The van der Waals surface area contributed by atoms with Crippen LogP contribution in [0.25, 0.3) is 10.9 Å². The normalized spacial score (nSPS) is 27.8. The van der Waals surface area contributed by atoms with Crippen LogP contribution in [0, 0.1) is 0 Å². The molecular weight excluding hydrogens is 238 g/mol. The summed E-state index contributed by atoms with van der Waals surface area (Å²) in [6, 6.07) is 8.15. The van der Waals surface area contributed by atoms with E-state index < -0.39 is 5.60 Å². The number of aromatic nitrogens is 1. The molecule has 2 N–H and O–H groups in total. The van der Waals surface area contributed by atoms with Gasteiger partial charge in [0, 0.05) is 29.9 Å². The summed E-state index contributed by atoms with van der Waals surface area (Å²) in [6.45, 7) is 2.80. The van der Waals surface area contributed by atoms with Crippen LogP contribution < -0.4 is 0 Å². The highest BCUT2D eigenvalue weighted by Crippen LogP contribution is 2.38. The number of fused-ring (bicyclic) bond motifs is 1. The maximum atomic E-state index is 11.1. The van der Waals surface area contributed by atoms with E-state index in [0.717, 1.165) is 29.3 Å². The van der Waals surface area contributed by atoms with Crippen LogP contribution in [-0.2, 0) is 10.3 Å². The first-order chi connectivity index (χ1) is 9.23. The predicted molar refractivity (Wildman–Crippen MR) is 76.1 cm³/mol. The molecule has 3 rings (SSSR count). The SMILES string of the molecule is CCCC1CC(O)(c2cccc3[nH]ccc23)CCO1. The van der Waals surface area contributed by atoms with Crippen LogP contribution >= 0.6 is 0 Å². The molecule has 0 bridgehead atoms. The van der Waals surface area contributed by atoms with Crippen LogP contribution in [-0.4, -0.2) is 22.8 Å². The van der Waals surface area contributed by atoms with E-state index in [2.05, 4.69) is 11.9 Å².